The van der Waals surface area contributed by atoms with Gasteiger partial charge in [0.25, 0.3) is 5.91 Å². The second-order valence-electron chi connectivity index (χ2n) is 5.05. The summed E-state index contributed by atoms with van der Waals surface area (Å²) >= 11 is 1.10. The third-order valence-corrected chi connectivity index (χ3v) is 4.37. The molecular formula is C15H16N4O2S. The van der Waals surface area contributed by atoms with Crippen molar-refractivity contribution in [2.75, 3.05) is 16.8 Å². The van der Waals surface area contributed by atoms with E-state index in [1.165, 1.54) is 0 Å². The number of nitrogens with one attached hydrogen (secondary N) is 1. The Morgan fingerprint density at radius 1 is 1.36 bits per heavy atom. The highest BCUT2D eigenvalue weighted by molar-refractivity contribution is 7.08. The second kappa shape index (κ2) is 6.23. The first-order chi connectivity index (χ1) is 10.7. The molecule has 0 aliphatic carbocycles. The minimum atomic E-state index is -0.197. The van der Waals surface area contributed by atoms with Crippen molar-refractivity contribution in [3.63, 3.8) is 0 Å². The van der Waals surface area contributed by atoms with Crippen LogP contribution < -0.4 is 10.2 Å². The number of hydrogen-bond acceptors (Lipinski definition) is 5. The molecule has 1 aromatic heterocycles. The Morgan fingerprint density at radius 3 is 2.77 bits per heavy atom. The molecule has 0 spiro atoms. The van der Waals surface area contributed by atoms with Crippen molar-refractivity contribution in [2.24, 2.45) is 0 Å². The summed E-state index contributed by atoms with van der Waals surface area (Å²) in [6.07, 6.45) is 2.18. The molecule has 22 heavy (non-hydrogen) atoms. The van der Waals surface area contributed by atoms with Crippen LogP contribution in [0.15, 0.2) is 24.3 Å². The number of benzene rings is 1. The molecular weight excluding hydrogens is 300 g/mol. The van der Waals surface area contributed by atoms with E-state index in [0.717, 1.165) is 30.2 Å². The Morgan fingerprint density at radius 2 is 2.14 bits per heavy atom. The lowest BCUT2D eigenvalue weighted by atomic mass is 10.2. The molecule has 7 heteroatoms. The van der Waals surface area contributed by atoms with Crippen LogP contribution in [0.3, 0.4) is 0 Å². The first kappa shape index (κ1) is 14.6. The van der Waals surface area contributed by atoms with Gasteiger partial charge in [-0.2, -0.15) is 0 Å². The highest BCUT2D eigenvalue weighted by atomic mass is 32.1. The van der Waals surface area contributed by atoms with E-state index in [0.29, 0.717) is 29.1 Å². The molecule has 1 aliphatic heterocycles. The van der Waals surface area contributed by atoms with Gasteiger partial charge in [-0.15, -0.1) is 5.10 Å². The number of aryl methyl sites for hydroxylation is 1. The van der Waals surface area contributed by atoms with E-state index in [1.54, 1.807) is 17.0 Å². The highest BCUT2D eigenvalue weighted by Gasteiger charge is 2.21. The third kappa shape index (κ3) is 2.85. The Balaban J connectivity index is 1.71. The lowest BCUT2D eigenvalue weighted by Crippen LogP contribution is -2.23. The van der Waals surface area contributed by atoms with E-state index in [9.17, 15) is 9.59 Å². The number of rotatable bonds is 4. The number of amides is 2. The summed E-state index contributed by atoms with van der Waals surface area (Å²) in [7, 11) is 0. The summed E-state index contributed by atoms with van der Waals surface area (Å²) in [5.74, 6) is -0.0445. The molecule has 2 aromatic rings. The predicted octanol–water partition coefficient (Wildman–Crippen LogP) is 2.48. The quantitative estimate of drug-likeness (QED) is 0.940. The summed E-state index contributed by atoms with van der Waals surface area (Å²) in [6.45, 7) is 2.70. The van der Waals surface area contributed by atoms with E-state index in [2.05, 4.69) is 14.9 Å². The van der Waals surface area contributed by atoms with Crippen molar-refractivity contribution in [2.45, 2.75) is 26.2 Å². The Labute approximate surface area is 132 Å². The van der Waals surface area contributed by atoms with Gasteiger partial charge in [-0.25, -0.2) is 0 Å². The summed E-state index contributed by atoms with van der Waals surface area (Å²) in [4.78, 5) is 26.2. The van der Waals surface area contributed by atoms with Gasteiger partial charge in [-0.3, -0.25) is 9.59 Å². The standard InChI is InChI=1S/C15H16N4O2S/c1-2-12-14(22-18-17-12)15(21)16-10-5-7-11(8-6-10)19-9-3-4-13(19)20/h5-8H,2-4,9H2,1H3,(H,16,21). The Hall–Kier alpha value is -2.28. The van der Waals surface area contributed by atoms with Crippen LogP contribution in [0.5, 0.6) is 0 Å². The van der Waals surface area contributed by atoms with Crippen molar-refractivity contribution < 1.29 is 9.59 Å². The number of hydrogen-bond donors (Lipinski definition) is 1. The summed E-state index contributed by atoms with van der Waals surface area (Å²) in [5, 5.41) is 6.77. The van der Waals surface area contributed by atoms with E-state index in [4.69, 9.17) is 0 Å². The van der Waals surface area contributed by atoms with Gasteiger partial charge in [0.1, 0.15) is 4.88 Å². The van der Waals surface area contributed by atoms with Gasteiger partial charge in [0.05, 0.1) is 5.69 Å². The zero-order chi connectivity index (χ0) is 15.5. The van der Waals surface area contributed by atoms with Gasteiger partial charge < -0.3 is 10.2 Å². The van der Waals surface area contributed by atoms with Crippen molar-refractivity contribution >= 4 is 34.7 Å². The number of carbonyl (C=O) groups excluding carboxylic acids is 2. The van der Waals surface area contributed by atoms with Crippen molar-refractivity contribution in [3.8, 4) is 0 Å². The van der Waals surface area contributed by atoms with Crippen LogP contribution in [0.25, 0.3) is 0 Å². The summed E-state index contributed by atoms with van der Waals surface area (Å²) in [6, 6.07) is 7.31. The molecule has 2 heterocycles. The topological polar surface area (TPSA) is 75.2 Å². The number of anilines is 2. The molecule has 1 aromatic carbocycles. The lowest BCUT2D eigenvalue weighted by Gasteiger charge is -2.16. The highest BCUT2D eigenvalue weighted by Crippen LogP contribution is 2.23. The van der Waals surface area contributed by atoms with Gasteiger partial charge >= 0.3 is 0 Å². The lowest BCUT2D eigenvalue weighted by molar-refractivity contribution is -0.117. The van der Waals surface area contributed by atoms with Crippen molar-refractivity contribution in [1.29, 1.82) is 0 Å². The van der Waals surface area contributed by atoms with Gasteiger partial charge in [0.15, 0.2) is 0 Å². The number of carbonyl (C=O) groups is 2. The normalized spacial score (nSPS) is 14.4. The molecule has 0 radical (unpaired) electrons. The maximum atomic E-state index is 12.2. The predicted molar refractivity (Wildman–Crippen MR) is 85.3 cm³/mol. The molecule has 1 N–H and O–H groups in total. The van der Waals surface area contributed by atoms with Crippen molar-refractivity contribution in [3.05, 3.63) is 34.8 Å². The summed E-state index contributed by atoms with van der Waals surface area (Å²) in [5.41, 5.74) is 2.27. The third-order valence-electron chi connectivity index (χ3n) is 3.61. The van der Waals surface area contributed by atoms with Crippen LogP contribution in [-0.4, -0.2) is 27.9 Å². The van der Waals surface area contributed by atoms with Gasteiger partial charge in [-0.05, 0) is 48.6 Å². The molecule has 1 saturated heterocycles. The summed E-state index contributed by atoms with van der Waals surface area (Å²) < 4.78 is 3.82. The molecule has 0 bridgehead atoms. The van der Waals surface area contributed by atoms with E-state index in [-0.39, 0.29) is 11.8 Å². The monoisotopic (exact) mass is 316 g/mol. The van der Waals surface area contributed by atoms with Crippen LogP contribution >= 0.6 is 11.5 Å². The molecule has 2 amide bonds. The zero-order valence-electron chi connectivity index (χ0n) is 12.2. The van der Waals surface area contributed by atoms with E-state index < -0.39 is 0 Å². The number of aromatic nitrogens is 2. The molecule has 1 fully saturated rings. The first-order valence-electron chi connectivity index (χ1n) is 7.22. The van der Waals surface area contributed by atoms with E-state index >= 15 is 0 Å². The van der Waals surface area contributed by atoms with Crippen LogP contribution in [0, 0.1) is 0 Å². The molecule has 3 rings (SSSR count). The van der Waals surface area contributed by atoms with Gasteiger partial charge in [0, 0.05) is 24.3 Å². The van der Waals surface area contributed by atoms with Crippen LogP contribution in [0.4, 0.5) is 11.4 Å². The first-order valence-corrected chi connectivity index (χ1v) is 7.99. The smallest absolute Gasteiger partial charge is 0.269 e. The molecule has 0 unspecified atom stereocenters. The van der Waals surface area contributed by atoms with Crippen LogP contribution in [-0.2, 0) is 11.2 Å². The molecule has 114 valence electrons. The van der Waals surface area contributed by atoms with Crippen LogP contribution in [0.1, 0.15) is 35.1 Å². The molecule has 1 aliphatic rings. The minimum absolute atomic E-state index is 0.153. The second-order valence-corrected chi connectivity index (χ2v) is 5.81. The molecule has 0 atom stereocenters. The zero-order valence-corrected chi connectivity index (χ0v) is 13.0. The Bertz CT molecular complexity index is 696. The largest absolute Gasteiger partial charge is 0.321 e. The maximum absolute atomic E-state index is 12.2. The molecule has 0 saturated carbocycles. The number of nitrogens with zero attached hydrogens (tertiary/aromatic N) is 3. The molecule has 6 nitrogen and oxygen atoms in total. The van der Waals surface area contributed by atoms with Crippen LogP contribution in [0.2, 0.25) is 0 Å². The fraction of sp³-hybridized carbons (Fsp3) is 0.333. The van der Waals surface area contributed by atoms with E-state index in [1.807, 2.05) is 19.1 Å². The average molecular weight is 316 g/mol. The van der Waals surface area contributed by atoms with Gasteiger partial charge in [-0.1, -0.05) is 11.4 Å². The minimum Gasteiger partial charge on any atom is -0.321 e. The maximum Gasteiger partial charge on any atom is 0.269 e. The average Bonchev–Trinajstić information content (AvgIpc) is 3.16. The fourth-order valence-electron chi connectivity index (χ4n) is 2.45. The Kier molecular flexibility index (Phi) is 4.15. The van der Waals surface area contributed by atoms with Crippen molar-refractivity contribution in [1.82, 2.24) is 9.59 Å². The SMILES string of the molecule is CCc1nnsc1C(=O)Nc1ccc(N2CCCC2=O)cc1. The fourth-order valence-corrected chi connectivity index (χ4v) is 3.09. The van der Waals surface area contributed by atoms with Gasteiger partial charge in [0.2, 0.25) is 5.91 Å².